The standard InChI is InChI=1S/C12H14BrN3O2/c1-12(2,3)18-11(17)15-8-5-4-7-6-14-16-10(7)9(8)13/h4-6H,1-3H3,(H,14,16)(H,15,17). The number of nitrogens with one attached hydrogen (secondary N) is 2. The van der Waals surface area contributed by atoms with Crippen molar-refractivity contribution in [2.75, 3.05) is 5.32 Å². The molecule has 0 aliphatic rings. The van der Waals surface area contributed by atoms with Crippen molar-refractivity contribution in [2.45, 2.75) is 26.4 Å². The number of halogens is 1. The van der Waals surface area contributed by atoms with Gasteiger partial charge >= 0.3 is 6.09 Å². The minimum atomic E-state index is -0.519. The Labute approximate surface area is 113 Å². The van der Waals surface area contributed by atoms with Crippen LogP contribution in [0.1, 0.15) is 20.8 Å². The average molecular weight is 312 g/mol. The van der Waals surface area contributed by atoms with Gasteiger partial charge in [-0.05, 0) is 48.8 Å². The summed E-state index contributed by atoms with van der Waals surface area (Å²) in [6.07, 6.45) is 1.24. The highest BCUT2D eigenvalue weighted by atomic mass is 79.9. The second-order valence-electron chi connectivity index (χ2n) is 4.89. The van der Waals surface area contributed by atoms with Crippen LogP contribution in [0.3, 0.4) is 0 Å². The molecule has 96 valence electrons. The van der Waals surface area contributed by atoms with Crippen molar-refractivity contribution < 1.29 is 9.53 Å². The van der Waals surface area contributed by atoms with Crippen LogP contribution in [0.4, 0.5) is 10.5 Å². The monoisotopic (exact) mass is 311 g/mol. The van der Waals surface area contributed by atoms with Crippen LogP contribution in [0.5, 0.6) is 0 Å². The molecule has 1 heterocycles. The highest BCUT2D eigenvalue weighted by Gasteiger charge is 2.17. The number of hydrogen-bond acceptors (Lipinski definition) is 3. The van der Waals surface area contributed by atoms with Gasteiger partial charge in [-0.25, -0.2) is 4.79 Å². The van der Waals surface area contributed by atoms with Crippen molar-refractivity contribution in [3.8, 4) is 0 Å². The van der Waals surface area contributed by atoms with E-state index < -0.39 is 11.7 Å². The topological polar surface area (TPSA) is 67.0 Å². The zero-order valence-electron chi connectivity index (χ0n) is 10.4. The first-order chi connectivity index (χ1) is 8.37. The molecule has 0 saturated carbocycles. The number of amides is 1. The minimum Gasteiger partial charge on any atom is -0.444 e. The number of ether oxygens (including phenoxy) is 1. The molecule has 2 aromatic rings. The molecule has 6 heteroatoms. The normalized spacial score (nSPS) is 11.6. The van der Waals surface area contributed by atoms with E-state index in [1.165, 1.54) is 0 Å². The van der Waals surface area contributed by atoms with E-state index in [2.05, 4.69) is 31.4 Å². The Morgan fingerprint density at radius 2 is 2.17 bits per heavy atom. The molecule has 5 nitrogen and oxygen atoms in total. The third kappa shape index (κ3) is 2.81. The summed E-state index contributed by atoms with van der Waals surface area (Å²) in [6, 6.07) is 3.67. The molecule has 0 unspecified atom stereocenters. The SMILES string of the molecule is CC(C)(C)OC(=O)Nc1ccc2cn[nH]c2c1Br. The Morgan fingerprint density at radius 1 is 1.44 bits per heavy atom. The zero-order valence-corrected chi connectivity index (χ0v) is 12.0. The maximum absolute atomic E-state index is 11.7. The first-order valence-electron chi connectivity index (χ1n) is 5.48. The van der Waals surface area contributed by atoms with E-state index >= 15 is 0 Å². The maximum atomic E-state index is 11.7. The van der Waals surface area contributed by atoms with Crippen molar-refractivity contribution in [3.05, 3.63) is 22.8 Å². The van der Waals surface area contributed by atoms with Gasteiger partial charge in [0, 0.05) is 5.39 Å². The van der Waals surface area contributed by atoms with Crippen molar-refractivity contribution in [1.29, 1.82) is 0 Å². The Hall–Kier alpha value is -1.56. The summed E-state index contributed by atoms with van der Waals surface area (Å²) < 4.78 is 5.95. The third-order valence-electron chi connectivity index (χ3n) is 2.19. The summed E-state index contributed by atoms with van der Waals surface area (Å²) >= 11 is 3.43. The second kappa shape index (κ2) is 4.61. The van der Waals surface area contributed by atoms with Crippen molar-refractivity contribution in [1.82, 2.24) is 10.2 Å². The predicted molar refractivity (Wildman–Crippen MR) is 73.7 cm³/mol. The molecular weight excluding hydrogens is 298 g/mol. The van der Waals surface area contributed by atoms with Crippen LogP contribution in [0.25, 0.3) is 10.9 Å². The van der Waals surface area contributed by atoms with Crippen molar-refractivity contribution >= 4 is 38.6 Å². The lowest BCUT2D eigenvalue weighted by Crippen LogP contribution is -2.27. The lowest BCUT2D eigenvalue weighted by atomic mass is 10.2. The first-order valence-corrected chi connectivity index (χ1v) is 6.28. The molecule has 0 spiro atoms. The largest absolute Gasteiger partial charge is 0.444 e. The molecule has 1 aromatic carbocycles. The molecule has 0 aliphatic heterocycles. The molecule has 1 aromatic heterocycles. The van der Waals surface area contributed by atoms with E-state index in [-0.39, 0.29) is 0 Å². The van der Waals surface area contributed by atoms with Gasteiger partial charge in [0.25, 0.3) is 0 Å². The number of carbonyl (C=O) groups is 1. The zero-order chi connectivity index (χ0) is 13.3. The molecule has 0 radical (unpaired) electrons. The van der Waals surface area contributed by atoms with Crippen LogP contribution in [0, 0.1) is 0 Å². The van der Waals surface area contributed by atoms with Crippen molar-refractivity contribution in [2.24, 2.45) is 0 Å². The van der Waals surface area contributed by atoms with Crippen LogP contribution in [-0.4, -0.2) is 21.9 Å². The van der Waals surface area contributed by atoms with Gasteiger partial charge < -0.3 is 4.74 Å². The highest BCUT2D eigenvalue weighted by Crippen LogP contribution is 2.30. The summed E-state index contributed by atoms with van der Waals surface area (Å²) in [5.41, 5.74) is 0.957. The number of anilines is 1. The van der Waals surface area contributed by atoms with Crippen LogP contribution in [0.15, 0.2) is 22.8 Å². The lowest BCUT2D eigenvalue weighted by Gasteiger charge is -2.20. The number of rotatable bonds is 1. The van der Waals surface area contributed by atoms with Crippen LogP contribution >= 0.6 is 15.9 Å². The Balaban J connectivity index is 2.21. The maximum Gasteiger partial charge on any atom is 0.412 e. The van der Waals surface area contributed by atoms with Crippen LogP contribution in [-0.2, 0) is 4.74 Å². The van der Waals surface area contributed by atoms with Gasteiger partial charge in [0.15, 0.2) is 0 Å². The van der Waals surface area contributed by atoms with Crippen LogP contribution in [0.2, 0.25) is 0 Å². The number of aromatic amines is 1. The molecule has 0 aliphatic carbocycles. The molecule has 0 saturated heterocycles. The van der Waals surface area contributed by atoms with Gasteiger partial charge in [-0.15, -0.1) is 0 Å². The van der Waals surface area contributed by atoms with Crippen LogP contribution < -0.4 is 5.32 Å². The quantitative estimate of drug-likeness (QED) is 0.844. The number of benzene rings is 1. The summed E-state index contributed by atoms with van der Waals surface area (Å²) in [5.74, 6) is 0. The summed E-state index contributed by atoms with van der Waals surface area (Å²) in [4.78, 5) is 11.7. The molecule has 18 heavy (non-hydrogen) atoms. The van der Waals surface area contributed by atoms with E-state index in [9.17, 15) is 4.79 Å². The predicted octanol–water partition coefficient (Wildman–Crippen LogP) is 3.67. The number of nitrogens with zero attached hydrogens (tertiary/aromatic N) is 1. The number of carbonyl (C=O) groups excluding carboxylic acids is 1. The van der Waals surface area contributed by atoms with E-state index in [0.29, 0.717) is 5.69 Å². The fraction of sp³-hybridized carbons (Fsp3) is 0.333. The van der Waals surface area contributed by atoms with Crippen molar-refractivity contribution in [3.63, 3.8) is 0 Å². The number of fused-ring (bicyclic) bond motifs is 1. The van der Waals surface area contributed by atoms with E-state index in [1.54, 1.807) is 12.3 Å². The molecule has 0 atom stereocenters. The van der Waals surface area contributed by atoms with Gasteiger partial charge in [-0.2, -0.15) is 5.10 Å². The Morgan fingerprint density at radius 3 is 2.83 bits per heavy atom. The smallest absolute Gasteiger partial charge is 0.412 e. The van der Waals surface area contributed by atoms with E-state index in [0.717, 1.165) is 15.4 Å². The van der Waals surface area contributed by atoms with Gasteiger partial charge in [0.1, 0.15) is 5.60 Å². The number of hydrogen-bond donors (Lipinski definition) is 2. The van der Waals surface area contributed by atoms with E-state index in [1.807, 2.05) is 26.8 Å². The highest BCUT2D eigenvalue weighted by molar-refractivity contribution is 9.10. The molecule has 0 fully saturated rings. The number of H-pyrrole nitrogens is 1. The fourth-order valence-corrected chi connectivity index (χ4v) is 2.04. The van der Waals surface area contributed by atoms with Gasteiger partial charge in [-0.1, -0.05) is 0 Å². The third-order valence-corrected chi connectivity index (χ3v) is 3.01. The summed E-state index contributed by atoms with van der Waals surface area (Å²) in [7, 11) is 0. The Kier molecular flexibility index (Phi) is 3.30. The molecular formula is C12H14BrN3O2. The van der Waals surface area contributed by atoms with Gasteiger partial charge in [0.05, 0.1) is 21.9 Å². The molecule has 2 N–H and O–H groups in total. The lowest BCUT2D eigenvalue weighted by molar-refractivity contribution is 0.0636. The molecule has 2 rings (SSSR count). The van der Waals surface area contributed by atoms with Gasteiger partial charge in [-0.3, -0.25) is 10.4 Å². The van der Waals surface area contributed by atoms with E-state index in [4.69, 9.17) is 4.74 Å². The van der Waals surface area contributed by atoms with Gasteiger partial charge in [0.2, 0.25) is 0 Å². The average Bonchev–Trinajstić information content (AvgIpc) is 2.68. The molecule has 1 amide bonds. The summed E-state index contributed by atoms with van der Waals surface area (Å²) in [5, 5.41) is 10.5. The minimum absolute atomic E-state index is 0.484. The number of aromatic nitrogens is 2. The first kappa shape index (κ1) is 12.9. The summed E-state index contributed by atoms with van der Waals surface area (Å²) in [6.45, 7) is 5.46. The second-order valence-corrected chi connectivity index (χ2v) is 5.68. The fourth-order valence-electron chi connectivity index (χ4n) is 1.49. The molecule has 0 bridgehead atoms. The Bertz CT molecular complexity index is 587.